The van der Waals surface area contributed by atoms with Gasteiger partial charge in [0.2, 0.25) is 0 Å². The molecule has 0 saturated carbocycles. The fraction of sp³-hybridized carbons (Fsp3) is 0.357. The van der Waals surface area contributed by atoms with Gasteiger partial charge >= 0.3 is 5.97 Å². The summed E-state index contributed by atoms with van der Waals surface area (Å²) >= 11 is 0. The molecular weight excluding hydrogens is 232 g/mol. The molecule has 0 fully saturated rings. The number of rotatable bonds is 9. The van der Waals surface area contributed by atoms with Gasteiger partial charge in [-0.05, 0) is 30.7 Å². The molecule has 1 aromatic carbocycles. The van der Waals surface area contributed by atoms with Crippen LogP contribution in [0.1, 0.15) is 23.2 Å². The summed E-state index contributed by atoms with van der Waals surface area (Å²) in [7, 11) is 0. The SMILES string of the molecule is C=CCCOCCCOc1ccc(C(=O)O)cc1. The lowest BCUT2D eigenvalue weighted by atomic mass is 10.2. The number of carbonyl (C=O) groups is 1. The highest BCUT2D eigenvalue weighted by atomic mass is 16.5. The second-order valence-electron chi connectivity index (χ2n) is 3.72. The van der Waals surface area contributed by atoms with E-state index in [1.165, 1.54) is 12.1 Å². The van der Waals surface area contributed by atoms with E-state index in [0.29, 0.717) is 25.6 Å². The van der Waals surface area contributed by atoms with E-state index >= 15 is 0 Å². The highest BCUT2D eigenvalue weighted by Gasteiger charge is 2.01. The first-order valence-corrected chi connectivity index (χ1v) is 5.89. The van der Waals surface area contributed by atoms with E-state index in [0.717, 1.165) is 12.8 Å². The molecule has 0 bridgehead atoms. The van der Waals surface area contributed by atoms with Crippen molar-refractivity contribution in [2.75, 3.05) is 19.8 Å². The molecule has 98 valence electrons. The Balaban J connectivity index is 2.15. The molecule has 0 aliphatic carbocycles. The standard InChI is InChI=1S/C14H18O4/c1-2-3-9-17-10-4-11-18-13-7-5-12(6-8-13)14(15)16/h2,5-8H,1,3-4,9-11H2,(H,15,16). The molecule has 1 rings (SSSR count). The Hall–Kier alpha value is -1.81. The van der Waals surface area contributed by atoms with Crippen molar-refractivity contribution in [3.63, 3.8) is 0 Å². The van der Waals surface area contributed by atoms with Gasteiger partial charge in [-0.3, -0.25) is 0 Å². The molecule has 0 atom stereocenters. The Morgan fingerprint density at radius 1 is 1.22 bits per heavy atom. The van der Waals surface area contributed by atoms with Gasteiger partial charge < -0.3 is 14.6 Å². The zero-order valence-corrected chi connectivity index (χ0v) is 10.3. The summed E-state index contributed by atoms with van der Waals surface area (Å²) in [4.78, 5) is 10.6. The molecule has 0 saturated heterocycles. The van der Waals surface area contributed by atoms with Crippen molar-refractivity contribution >= 4 is 5.97 Å². The van der Waals surface area contributed by atoms with E-state index < -0.39 is 5.97 Å². The Morgan fingerprint density at radius 2 is 1.94 bits per heavy atom. The molecule has 0 heterocycles. The summed E-state index contributed by atoms with van der Waals surface area (Å²) in [5, 5.41) is 8.73. The average molecular weight is 250 g/mol. The van der Waals surface area contributed by atoms with Crippen molar-refractivity contribution in [3.8, 4) is 5.75 Å². The molecule has 0 aliphatic heterocycles. The van der Waals surface area contributed by atoms with Crippen molar-refractivity contribution < 1.29 is 19.4 Å². The minimum absolute atomic E-state index is 0.259. The van der Waals surface area contributed by atoms with Crippen molar-refractivity contribution in [2.24, 2.45) is 0 Å². The maximum atomic E-state index is 10.6. The van der Waals surface area contributed by atoms with Gasteiger partial charge in [0.05, 0.1) is 12.2 Å². The number of benzene rings is 1. The lowest BCUT2D eigenvalue weighted by molar-refractivity contribution is 0.0697. The second kappa shape index (κ2) is 8.31. The van der Waals surface area contributed by atoms with Crippen LogP contribution in [0.25, 0.3) is 0 Å². The fourth-order valence-corrected chi connectivity index (χ4v) is 1.31. The van der Waals surface area contributed by atoms with E-state index in [2.05, 4.69) is 6.58 Å². The maximum Gasteiger partial charge on any atom is 0.335 e. The summed E-state index contributed by atoms with van der Waals surface area (Å²) in [5.41, 5.74) is 0.259. The quantitative estimate of drug-likeness (QED) is 0.541. The number of ether oxygens (including phenoxy) is 2. The van der Waals surface area contributed by atoms with Crippen molar-refractivity contribution in [1.82, 2.24) is 0 Å². The molecule has 4 nitrogen and oxygen atoms in total. The monoisotopic (exact) mass is 250 g/mol. The summed E-state index contributed by atoms with van der Waals surface area (Å²) in [5.74, 6) is -0.261. The normalized spacial score (nSPS) is 10.0. The van der Waals surface area contributed by atoms with Crippen LogP contribution in [0, 0.1) is 0 Å². The third-order valence-electron chi connectivity index (χ3n) is 2.27. The maximum absolute atomic E-state index is 10.6. The van der Waals surface area contributed by atoms with E-state index in [4.69, 9.17) is 14.6 Å². The molecule has 18 heavy (non-hydrogen) atoms. The first-order chi connectivity index (χ1) is 8.74. The smallest absolute Gasteiger partial charge is 0.335 e. The van der Waals surface area contributed by atoms with Crippen LogP contribution in [0.5, 0.6) is 5.75 Å². The second-order valence-corrected chi connectivity index (χ2v) is 3.72. The molecule has 0 radical (unpaired) electrons. The van der Waals surface area contributed by atoms with Gasteiger partial charge in [0.25, 0.3) is 0 Å². The molecule has 4 heteroatoms. The molecule has 0 aliphatic rings. The molecule has 0 aromatic heterocycles. The first-order valence-electron chi connectivity index (χ1n) is 5.89. The van der Waals surface area contributed by atoms with Crippen LogP contribution in [0.4, 0.5) is 0 Å². The largest absolute Gasteiger partial charge is 0.494 e. The van der Waals surface area contributed by atoms with Crippen LogP contribution in [0.3, 0.4) is 0 Å². The Kier molecular flexibility index (Phi) is 6.58. The van der Waals surface area contributed by atoms with Crippen LogP contribution >= 0.6 is 0 Å². The van der Waals surface area contributed by atoms with Crippen LogP contribution in [-0.2, 0) is 4.74 Å². The van der Waals surface area contributed by atoms with E-state index in [1.807, 2.05) is 6.08 Å². The minimum atomic E-state index is -0.933. The number of carboxylic acids is 1. The van der Waals surface area contributed by atoms with Crippen molar-refractivity contribution in [2.45, 2.75) is 12.8 Å². The van der Waals surface area contributed by atoms with Gasteiger partial charge in [-0.15, -0.1) is 6.58 Å². The zero-order chi connectivity index (χ0) is 13.2. The average Bonchev–Trinajstić information content (AvgIpc) is 2.38. The van der Waals surface area contributed by atoms with Gasteiger partial charge in [0, 0.05) is 19.6 Å². The Morgan fingerprint density at radius 3 is 2.56 bits per heavy atom. The van der Waals surface area contributed by atoms with Gasteiger partial charge in [-0.1, -0.05) is 6.08 Å². The third-order valence-corrected chi connectivity index (χ3v) is 2.27. The first kappa shape index (κ1) is 14.3. The van der Waals surface area contributed by atoms with Crippen LogP contribution in [-0.4, -0.2) is 30.9 Å². The minimum Gasteiger partial charge on any atom is -0.494 e. The number of hydrogen-bond donors (Lipinski definition) is 1. The molecule has 1 aromatic rings. The lowest BCUT2D eigenvalue weighted by Crippen LogP contribution is -2.04. The molecule has 0 amide bonds. The summed E-state index contributed by atoms with van der Waals surface area (Å²) in [6.45, 7) is 5.51. The van der Waals surface area contributed by atoms with Crippen molar-refractivity contribution in [3.05, 3.63) is 42.5 Å². The van der Waals surface area contributed by atoms with E-state index in [1.54, 1.807) is 12.1 Å². The summed E-state index contributed by atoms with van der Waals surface area (Å²) < 4.78 is 10.8. The van der Waals surface area contributed by atoms with Gasteiger partial charge in [0.15, 0.2) is 0 Å². The molecule has 0 unspecified atom stereocenters. The van der Waals surface area contributed by atoms with Crippen LogP contribution in [0.15, 0.2) is 36.9 Å². The topological polar surface area (TPSA) is 55.8 Å². The number of aromatic carboxylic acids is 1. The fourth-order valence-electron chi connectivity index (χ4n) is 1.31. The molecule has 1 N–H and O–H groups in total. The summed E-state index contributed by atoms with van der Waals surface area (Å²) in [6, 6.07) is 6.36. The van der Waals surface area contributed by atoms with E-state index in [-0.39, 0.29) is 5.56 Å². The van der Waals surface area contributed by atoms with E-state index in [9.17, 15) is 4.79 Å². The van der Waals surface area contributed by atoms with Gasteiger partial charge in [0.1, 0.15) is 5.75 Å². The third kappa shape index (κ3) is 5.50. The predicted molar refractivity (Wildman–Crippen MR) is 69.1 cm³/mol. The summed E-state index contributed by atoms with van der Waals surface area (Å²) in [6.07, 6.45) is 3.48. The zero-order valence-electron chi connectivity index (χ0n) is 10.3. The number of hydrogen-bond acceptors (Lipinski definition) is 3. The Bertz CT molecular complexity index is 370. The number of carboxylic acid groups (broad SMARTS) is 1. The van der Waals surface area contributed by atoms with Gasteiger partial charge in [-0.2, -0.15) is 0 Å². The van der Waals surface area contributed by atoms with Crippen LogP contribution in [0.2, 0.25) is 0 Å². The lowest BCUT2D eigenvalue weighted by Gasteiger charge is -2.06. The highest BCUT2D eigenvalue weighted by Crippen LogP contribution is 2.12. The predicted octanol–water partition coefficient (Wildman–Crippen LogP) is 2.75. The Labute approximate surface area is 107 Å². The van der Waals surface area contributed by atoms with Gasteiger partial charge in [-0.25, -0.2) is 4.79 Å². The highest BCUT2D eigenvalue weighted by molar-refractivity contribution is 5.87. The van der Waals surface area contributed by atoms with Crippen molar-refractivity contribution in [1.29, 1.82) is 0 Å². The van der Waals surface area contributed by atoms with Crippen LogP contribution < -0.4 is 4.74 Å². The molecule has 0 spiro atoms. The molecular formula is C14H18O4.